The Morgan fingerprint density at radius 3 is 2.35 bits per heavy atom. The quantitative estimate of drug-likeness (QED) is 0.774. The zero-order valence-electron chi connectivity index (χ0n) is 11.7. The van der Waals surface area contributed by atoms with Gasteiger partial charge in [-0.05, 0) is 65.0 Å². The molecule has 0 fully saturated rings. The summed E-state index contributed by atoms with van der Waals surface area (Å²) in [7, 11) is 3.58. The average molecular weight is 383 g/mol. The maximum absolute atomic E-state index is 5.89. The molecule has 2 aromatic carbocycles. The smallest absolute Gasteiger partial charge is 0.161 e. The van der Waals surface area contributed by atoms with Crippen molar-refractivity contribution >= 4 is 22.6 Å². The highest BCUT2D eigenvalue weighted by atomic mass is 127. The van der Waals surface area contributed by atoms with Crippen LogP contribution in [0.5, 0.6) is 11.5 Å². The van der Waals surface area contributed by atoms with Crippen LogP contribution in [0, 0.1) is 3.57 Å². The molecule has 0 saturated carbocycles. The van der Waals surface area contributed by atoms with Gasteiger partial charge >= 0.3 is 0 Å². The van der Waals surface area contributed by atoms with Crippen molar-refractivity contribution in [3.05, 3.63) is 57.2 Å². The van der Waals surface area contributed by atoms with Gasteiger partial charge in [0.15, 0.2) is 11.5 Å². The van der Waals surface area contributed by atoms with E-state index in [1.54, 1.807) is 7.11 Å². The number of ether oxygens (including phenoxy) is 2. The van der Waals surface area contributed by atoms with Crippen molar-refractivity contribution in [1.82, 2.24) is 5.32 Å². The van der Waals surface area contributed by atoms with Crippen molar-refractivity contribution in [3.63, 3.8) is 0 Å². The van der Waals surface area contributed by atoms with Crippen LogP contribution in [0.3, 0.4) is 0 Å². The van der Waals surface area contributed by atoms with E-state index in [-0.39, 0.29) is 0 Å². The normalized spacial score (nSPS) is 10.3. The highest BCUT2D eigenvalue weighted by molar-refractivity contribution is 14.1. The van der Waals surface area contributed by atoms with Gasteiger partial charge < -0.3 is 14.8 Å². The fourth-order valence-electron chi connectivity index (χ4n) is 1.89. The second kappa shape index (κ2) is 7.50. The van der Waals surface area contributed by atoms with E-state index in [9.17, 15) is 0 Å². The molecule has 106 valence electrons. The number of hydrogen-bond acceptors (Lipinski definition) is 3. The van der Waals surface area contributed by atoms with Crippen molar-refractivity contribution in [1.29, 1.82) is 0 Å². The van der Waals surface area contributed by atoms with E-state index in [0.717, 1.165) is 23.6 Å². The summed E-state index contributed by atoms with van der Waals surface area (Å²) in [5.74, 6) is 1.54. The number of halogens is 1. The van der Waals surface area contributed by atoms with Crippen molar-refractivity contribution in [2.24, 2.45) is 0 Å². The first-order chi connectivity index (χ1) is 9.72. The van der Waals surface area contributed by atoms with Gasteiger partial charge in [-0.3, -0.25) is 0 Å². The van der Waals surface area contributed by atoms with E-state index in [2.05, 4.69) is 52.2 Å². The van der Waals surface area contributed by atoms with Crippen LogP contribution < -0.4 is 14.8 Å². The van der Waals surface area contributed by atoms with E-state index >= 15 is 0 Å². The molecule has 20 heavy (non-hydrogen) atoms. The lowest BCUT2D eigenvalue weighted by molar-refractivity contribution is 0.284. The highest BCUT2D eigenvalue weighted by Crippen LogP contribution is 2.28. The van der Waals surface area contributed by atoms with Gasteiger partial charge in [-0.25, -0.2) is 0 Å². The minimum Gasteiger partial charge on any atom is -0.493 e. The van der Waals surface area contributed by atoms with Gasteiger partial charge in [-0.1, -0.05) is 18.2 Å². The molecule has 1 N–H and O–H groups in total. The molecule has 0 unspecified atom stereocenters. The number of rotatable bonds is 6. The van der Waals surface area contributed by atoms with Gasteiger partial charge in [-0.2, -0.15) is 0 Å². The summed E-state index contributed by atoms with van der Waals surface area (Å²) in [4.78, 5) is 0. The number of methoxy groups -OCH3 is 1. The van der Waals surface area contributed by atoms with Gasteiger partial charge in [0.2, 0.25) is 0 Å². The largest absolute Gasteiger partial charge is 0.493 e. The molecule has 0 heterocycles. The Labute approximate surface area is 133 Å². The summed E-state index contributed by atoms with van der Waals surface area (Å²) in [6.45, 7) is 1.35. The zero-order chi connectivity index (χ0) is 14.4. The Morgan fingerprint density at radius 2 is 1.70 bits per heavy atom. The predicted molar refractivity (Wildman–Crippen MR) is 89.2 cm³/mol. The Morgan fingerprint density at radius 1 is 1.00 bits per heavy atom. The third-order valence-electron chi connectivity index (χ3n) is 2.92. The van der Waals surface area contributed by atoms with E-state index in [0.29, 0.717) is 6.61 Å². The fraction of sp³-hybridized carbons (Fsp3) is 0.250. The topological polar surface area (TPSA) is 30.5 Å². The lowest BCUT2D eigenvalue weighted by Gasteiger charge is -2.12. The number of benzene rings is 2. The molecule has 0 aliphatic rings. The Bertz CT molecular complexity index is 555. The summed E-state index contributed by atoms with van der Waals surface area (Å²) in [5, 5.41) is 3.13. The molecule has 0 radical (unpaired) electrons. The van der Waals surface area contributed by atoms with E-state index < -0.39 is 0 Å². The lowest BCUT2D eigenvalue weighted by Crippen LogP contribution is -2.05. The molecular weight excluding hydrogens is 365 g/mol. The molecule has 0 aliphatic carbocycles. The molecule has 3 nitrogen and oxygen atoms in total. The molecule has 0 spiro atoms. The predicted octanol–water partition coefficient (Wildman–Crippen LogP) is 3.60. The molecule has 0 atom stereocenters. The average Bonchev–Trinajstić information content (AvgIpc) is 2.47. The Hall–Kier alpha value is -1.27. The van der Waals surface area contributed by atoms with Crippen LogP contribution in [0.2, 0.25) is 0 Å². The van der Waals surface area contributed by atoms with Crippen LogP contribution in [-0.4, -0.2) is 14.2 Å². The van der Waals surface area contributed by atoms with E-state index in [1.165, 1.54) is 9.13 Å². The maximum atomic E-state index is 5.89. The first kappa shape index (κ1) is 15.1. The van der Waals surface area contributed by atoms with E-state index in [4.69, 9.17) is 9.47 Å². The molecule has 2 aromatic rings. The molecule has 0 aliphatic heterocycles. The first-order valence-corrected chi connectivity index (χ1v) is 7.49. The molecule has 0 bridgehead atoms. The standard InChI is InChI=1S/C16H18INO2/c1-18-10-13-5-8-15(19-2)16(9-13)20-11-12-3-6-14(17)7-4-12/h3-9,18H,10-11H2,1-2H3. The third kappa shape index (κ3) is 4.11. The summed E-state index contributed by atoms with van der Waals surface area (Å²) < 4.78 is 12.4. The van der Waals surface area contributed by atoms with Crippen molar-refractivity contribution in [2.75, 3.05) is 14.2 Å². The minimum atomic E-state index is 0.538. The number of nitrogens with one attached hydrogen (secondary N) is 1. The summed E-state index contributed by atoms with van der Waals surface area (Å²) >= 11 is 2.29. The van der Waals surface area contributed by atoms with Crippen LogP contribution in [0.4, 0.5) is 0 Å². The molecule has 0 aromatic heterocycles. The Balaban J connectivity index is 2.10. The van der Waals surface area contributed by atoms with Crippen LogP contribution in [-0.2, 0) is 13.2 Å². The molecule has 2 rings (SSSR count). The van der Waals surface area contributed by atoms with Gasteiger partial charge in [0.05, 0.1) is 7.11 Å². The lowest BCUT2D eigenvalue weighted by atomic mass is 10.2. The molecular formula is C16H18INO2. The first-order valence-electron chi connectivity index (χ1n) is 6.41. The second-order valence-electron chi connectivity index (χ2n) is 4.43. The minimum absolute atomic E-state index is 0.538. The van der Waals surface area contributed by atoms with Gasteiger partial charge in [0, 0.05) is 10.1 Å². The Kier molecular flexibility index (Phi) is 5.67. The van der Waals surface area contributed by atoms with Crippen molar-refractivity contribution in [3.8, 4) is 11.5 Å². The summed E-state index contributed by atoms with van der Waals surface area (Å²) in [6.07, 6.45) is 0. The highest BCUT2D eigenvalue weighted by Gasteiger charge is 2.06. The van der Waals surface area contributed by atoms with Crippen molar-refractivity contribution in [2.45, 2.75) is 13.2 Å². The van der Waals surface area contributed by atoms with Crippen LogP contribution >= 0.6 is 22.6 Å². The van der Waals surface area contributed by atoms with Gasteiger partial charge in [0.1, 0.15) is 6.61 Å². The second-order valence-corrected chi connectivity index (χ2v) is 5.68. The zero-order valence-corrected chi connectivity index (χ0v) is 13.8. The fourth-order valence-corrected chi connectivity index (χ4v) is 2.25. The summed E-state index contributed by atoms with van der Waals surface area (Å²) in [6, 6.07) is 14.3. The SMILES string of the molecule is CNCc1ccc(OC)c(OCc2ccc(I)cc2)c1. The molecule has 4 heteroatoms. The third-order valence-corrected chi connectivity index (χ3v) is 3.64. The maximum Gasteiger partial charge on any atom is 0.161 e. The van der Waals surface area contributed by atoms with Crippen LogP contribution in [0.25, 0.3) is 0 Å². The van der Waals surface area contributed by atoms with Crippen molar-refractivity contribution < 1.29 is 9.47 Å². The molecule has 0 saturated heterocycles. The van der Waals surface area contributed by atoms with E-state index in [1.807, 2.05) is 25.2 Å². The summed E-state index contributed by atoms with van der Waals surface area (Å²) in [5.41, 5.74) is 2.32. The number of hydrogen-bond donors (Lipinski definition) is 1. The van der Waals surface area contributed by atoms with Gasteiger partial charge in [-0.15, -0.1) is 0 Å². The molecule has 0 amide bonds. The van der Waals surface area contributed by atoms with Gasteiger partial charge in [0.25, 0.3) is 0 Å². The van der Waals surface area contributed by atoms with Crippen LogP contribution in [0.1, 0.15) is 11.1 Å². The van der Waals surface area contributed by atoms with Crippen LogP contribution in [0.15, 0.2) is 42.5 Å². The monoisotopic (exact) mass is 383 g/mol.